The molecular formula is C17H17N3O2S2. The Kier molecular flexibility index (Phi) is 5.01. The van der Waals surface area contributed by atoms with Crippen molar-refractivity contribution in [1.29, 1.82) is 0 Å². The van der Waals surface area contributed by atoms with Crippen molar-refractivity contribution in [3.63, 3.8) is 0 Å². The lowest BCUT2D eigenvalue weighted by Crippen LogP contribution is -2.17. The second-order valence-electron chi connectivity index (χ2n) is 5.31. The van der Waals surface area contributed by atoms with E-state index in [1.807, 2.05) is 30.5 Å². The molecular weight excluding hydrogens is 342 g/mol. The summed E-state index contributed by atoms with van der Waals surface area (Å²) in [7, 11) is 0. The molecule has 0 aliphatic carbocycles. The number of nitrogens with one attached hydrogen (secondary N) is 2. The van der Waals surface area contributed by atoms with Gasteiger partial charge in [-0.1, -0.05) is 36.9 Å². The lowest BCUT2D eigenvalue weighted by Gasteiger charge is -2.12. The van der Waals surface area contributed by atoms with Crippen molar-refractivity contribution in [2.24, 2.45) is 0 Å². The summed E-state index contributed by atoms with van der Waals surface area (Å²) in [6.45, 7) is 4.04. The number of rotatable bonds is 5. The fraction of sp³-hybridized carbons (Fsp3) is 0.235. The van der Waals surface area contributed by atoms with Gasteiger partial charge < -0.3 is 10.3 Å². The molecule has 0 saturated heterocycles. The van der Waals surface area contributed by atoms with Crippen molar-refractivity contribution >= 4 is 44.9 Å². The molecule has 3 aromatic rings. The third-order valence-electron chi connectivity index (χ3n) is 3.66. The number of hydrogen-bond donors (Lipinski definition) is 2. The highest BCUT2D eigenvalue weighted by Crippen LogP contribution is 2.22. The van der Waals surface area contributed by atoms with Gasteiger partial charge in [0.25, 0.3) is 5.56 Å². The Morgan fingerprint density at radius 1 is 1.38 bits per heavy atom. The van der Waals surface area contributed by atoms with Gasteiger partial charge in [0.2, 0.25) is 5.91 Å². The number of thioether (sulfide) groups is 1. The summed E-state index contributed by atoms with van der Waals surface area (Å²) >= 11 is 2.64. The van der Waals surface area contributed by atoms with E-state index in [4.69, 9.17) is 0 Å². The molecule has 0 aliphatic rings. The van der Waals surface area contributed by atoms with Gasteiger partial charge in [0.05, 0.1) is 11.1 Å². The average molecular weight is 359 g/mol. The van der Waals surface area contributed by atoms with Gasteiger partial charge in [-0.2, -0.15) is 0 Å². The first-order chi connectivity index (χ1) is 11.6. The number of carbonyl (C=O) groups is 1. The zero-order valence-corrected chi connectivity index (χ0v) is 15.0. The Balaban J connectivity index is 1.70. The van der Waals surface area contributed by atoms with Gasteiger partial charge >= 0.3 is 0 Å². The topological polar surface area (TPSA) is 74.8 Å². The Hall–Kier alpha value is -2.12. The van der Waals surface area contributed by atoms with E-state index < -0.39 is 0 Å². The number of carbonyl (C=O) groups excluding carboxylic acids is 1. The lowest BCUT2D eigenvalue weighted by molar-refractivity contribution is -0.113. The normalized spacial score (nSPS) is 10.9. The molecule has 2 N–H and O–H groups in total. The molecule has 7 heteroatoms. The van der Waals surface area contributed by atoms with E-state index >= 15 is 0 Å². The van der Waals surface area contributed by atoms with Crippen LogP contribution in [0.2, 0.25) is 0 Å². The molecule has 0 fully saturated rings. The van der Waals surface area contributed by atoms with E-state index in [0.29, 0.717) is 15.4 Å². The molecule has 0 spiro atoms. The quantitative estimate of drug-likeness (QED) is 0.539. The van der Waals surface area contributed by atoms with E-state index in [1.165, 1.54) is 23.1 Å². The summed E-state index contributed by atoms with van der Waals surface area (Å²) in [4.78, 5) is 32.0. The minimum atomic E-state index is -0.170. The van der Waals surface area contributed by atoms with Crippen LogP contribution in [0.3, 0.4) is 0 Å². The fourth-order valence-electron chi connectivity index (χ4n) is 2.43. The number of fused-ring (bicyclic) bond motifs is 1. The highest BCUT2D eigenvalue weighted by Gasteiger charge is 2.11. The number of hydrogen-bond acceptors (Lipinski definition) is 5. The maximum Gasteiger partial charge on any atom is 0.260 e. The molecule has 2 aromatic heterocycles. The maximum atomic E-state index is 12.3. The van der Waals surface area contributed by atoms with Crippen LogP contribution in [0.1, 0.15) is 18.1 Å². The molecule has 0 saturated carbocycles. The van der Waals surface area contributed by atoms with Gasteiger partial charge in [0, 0.05) is 5.69 Å². The largest absolute Gasteiger partial charge is 0.325 e. The van der Waals surface area contributed by atoms with Crippen molar-refractivity contribution in [3.8, 4) is 0 Å². The van der Waals surface area contributed by atoms with Gasteiger partial charge in [-0.05, 0) is 35.9 Å². The molecule has 24 heavy (non-hydrogen) atoms. The first-order valence-corrected chi connectivity index (χ1v) is 9.43. The number of H-pyrrole nitrogens is 1. The predicted octanol–water partition coefficient (Wildman–Crippen LogP) is 3.59. The number of amides is 1. The summed E-state index contributed by atoms with van der Waals surface area (Å²) < 4.78 is 0. The first-order valence-electron chi connectivity index (χ1n) is 7.57. The van der Waals surface area contributed by atoms with Gasteiger partial charge in [-0.15, -0.1) is 11.3 Å². The Labute approximate surface area is 147 Å². The molecule has 5 nitrogen and oxygen atoms in total. The lowest BCUT2D eigenvalue weighted by atomic mass is 10.1. The second-order valence-corrected chi connectivity index (χ2v) is 7.17. The van der Waals surface area contributed by atoms with E-state index in [9.17, 15) is 9.59 Å². The van der Waals surface area contributed by atoms with Crippen LogP contribution >= 0.6 is 23.1 Å². The maximum absolute atomic E-state index is 12.3. The Bertz CT molecular complexity index is 946. The van der Waals surface area contributed by atoms with Gasteiger partial charge in [-0.25, -0.2) is 4.98 Å². The van der Waals surface area contributed by atoms with Crippen molar-refractivity contribution in [2.45, 2.75) is 25.4 Å². The van der Waals surface area contributed by atoms with Crippen LogP contribution in [-0.4, -0.2) is 21.6 Å². The third kappa shape index (κ3) is 3.52. The van der Waals surface area contributed by atoms with Crippen LogP contribution in [0.25, 0.3) is 10.2 Å². The number of aromatic amines is 1. The van der Waals surface area contributed by atoms with Crippen molar-refractivity contribution in [1.82, 2.24) is 9.97 Å². The Morgan fingerprint density at radius 2 is 2.21 bits per heavy atom. The fourth-order valence-corrected chi connectivity index (χ4v) is 3.91. The van der Waals surface area contributed by atoms with Crippen LogP contribution in [0.5, 0.6) is 0 Å². The number of para-hydroxylation sites is 1. The molecule has 0 bridgehead atoms. The van der Waals surface area contributed by atoms with Crippen LogP contribution in [-0.2, 0) is 11.2 Å². The average Bonchev–Trinajstić information content (AvgIpc) is 3.04. The standard InChI is InChI=1S/C17H17N3O2S2/c1-3-11-6-4-5-10(2)14(11)18-13(21)9-24-17-19-15(22)12-7-8-23-16(12)20-17/h4-8H,3,9H2,1-2H3,(H,18,21)(H,19,20,22). The first kappa shape index (κ1) is 16.7. The summed E-state index contributed by atoms with van der Waals surface area (Å²) in [5.41, 5.74) is 2.86. The zero-order valence-electron chi connectivity index (χ0n) is 13.4. The highest BCUT2D eigenvalue weighted by atomic mass is 32.2. The number of anilines is 1. The zero-order chi connectivity index (χ0) is 17.1. The molecule has 1 aromatic carbocycles. The van der Waals surface area contributed by atoms with Crippen molar-refractivity contribution in [2.75, 3.05) is 11.1 Å². The molecule has 0 unspecified atom stereocenters. The SMILES string of the molecule is CCc1cccc(C)c1NC(=O)CSc1nc2sccc2c(=O)[nH]1. The molecule has 124 valence electrons. The molecule has 2 heterocycles. The number of thiophene rings is 1. The Morgan fingerprint density at radius 3 is 3.00 bits per heavy atom. The number of benzene rings is 1. The molecule has 1 amide bonds. The van der Waals surface area contributed by atoms with E-state index in [0.717, 1.165) is 23.2 Å². The van der Waals surface area contributed by atoms with Crippen LogP contribution in [0, 0.1) is 6.92 Å². The van der Waals surface area contributed by atoms with Gasteiger partial charge in [-0.3, -0.25) is 9.59 Å². The summed E-state index contributed by atoms with van der Waals surface area (Å²) in [6, 6.07) is 7.73. The number of aromatic nitrogens is 2. The number of aryl methyl sites for hydroxylation is 2. The second kappa shape index (κ2) is 7.19. The predicted molar refractivity (Wildman–Crippen MR) is 100 cm³/mol. The summed E-state index contributed by atoms with van der Waals surface area (Å²) in [6.07, 6.45) is 0.856. The smallest absolute Gasteiger partial charge is 0.260 e. The molecule has 3 rings (SSSR count). The van der Waals surface area contributed by atoms with Crippen LogP contribution in [0.15, 0.2) is 39.6 Å². The highest BCUT2D eigenvalue weighted by molar-refractivity contribution is 7.99. The third-order valence-corrected chi connectivity index (χ3v) is 5.34. The van der Waals surface area contributed by atoms with Gasteiger partial charge in [0.1, 0.15) is 4.83 Å². The molecule has 0 aliphatic heterocycles. The number of nitrogens with zero attached hydrogens (tertiary/aromatic N) is 1. The minimum Gasteiger partial charge on any atom is -0.325 e. The van der Waals surface area contributed by atoms with E-state index in [1.54, 1.807) is 6.07 Å². The molecule has 0 radical (unpaired) electrons. The van der Waals surface area contributed by atoms with Gasteiger partial charge in [0.15, 0.2) is 5.16 Å². The van der Waals surface area contributed by atoms with E-state index in [-0.39, 0.29) is 17.2 Å². The van der Waals surface area contributed by atoms with E-state index in [2.05, 4.69) is 22.2 Å². The van der Waals surface area contributed by atoms with Crippen LogP contribution < -0.4 is 10.9 Å². The molecule has 0 atom stereocenters. The minimum absolute atomic E-state index is 0.113. The van der Waals surface area contributed by atoms with Crippen LogP contribution in [0.4, 0.5) is 5.69 Å². The van der Waals surface area contributed by atoms with Crippen molar-refractivity contribution < 1.29 is 4.79 Å². The summed E-state index contributed by atoms with van der Waals surface area (Å²) in [5.74, 6) is 0.0787. The summed E-state index contributed by atoms with van der Waals surface area (Å²) in [5, 5.41) is 5.85. The monoisotopic (exact) mass is 359 g/mol. The van der Waals surface area contributed by atoms with Crippen molar-refractivity contribution in [3.05, 3.63) is 51.1 Å².